The molecular formula is C8H11NO2S+. The Hall–Kier alpha value is -1.03. The number of anilines is 1. The molecule has 1 aromatic rings. The van der Waals surface area contributed by atoms with Crippen LogP contribution >= 0.6 is 0 Å². The number of rotatable bonds is 2. The van der Waals surface area contributed by atoms with Crippen molar-refractivity contribution in [3.05, 3.63) is 36.8 Å². The maximum atomic E-state index is 10.8. The van der Waals surface area contributed by atoms with E-state index >= 15 is 0 Å². The summed E-state index contributed by atoms with van der Waals surface area (Å²) in [4.78, 5) is 0. The fourth-order valence-electron chi connectivity index (χ4n) is 0.849. The van der Waals surface area contributed by atoms with Crippen molar-refractivity contribution >= 4 is 15.7 Å². The van der Waals surface area contributed by atoms with Gasteiger partial charge in [-0.25, -0.2) is 8.42 Å². The van der Waals surface area contributed by atoms with Crippen molar-refractivity contribution in [2.24, 2.45) is 0 Å². The van der Waals surface area contributed by atoms with Crippen LogP contribution in [0.4, 0.5) is 5.69 Å². The monoisotopic (exact) mass is 185 g/mol. The molecule has 12 heavy (non-hydrogen) atoms. The molecule has 1 rings (SSSR count). The number of nitrogens with one attached hydrogen (secondary N) is 1. The van der Waals surface area contributed by atoms with Gasteiger partial charge in [-0.3, -0.25) is 4.72 Å². The Kier molecular flexibility index (Phi) is 2.38. The van der Waals surface area contributed by atoms with E-state index in [1.165, 1.54) is 0 Å². The van der Waals surface area contributed by atoms with Crippen LogP contribution in [0, 0.1) is 6.92 Å². The summed E-state index contributed by atoms with van der Waals surface area (Å²) >= 11 is 0. The first-order chi connectivity index (χ1) is 5.47. The fourth-order valence-corrected chi connectivity index (χ4v) is 1.40. The van der Waals surface area contributed by atoms with Gasteiger partial charge in [0, 0.05) is 5.69 Å². The summed E-state index contributed by atoms with van der Waals surface area (Å²) in [6.07, 6.45) is 1.11. The molecule has 1 aromatic carbocycles. The Bertz CT molecular complexity index is 375. The van der Waals surface area contributed by atoms with Crippen molar-refractivity contribution in [2.75, 3.05) is 11.0 Å². The van der Waals surface area contributed by atoms with Crippen molar-refractivity contribution < 1.29 is 9.84 Å². The van der Waals surface area contributed by atoms with Crippen molar-refractivity contribution in [3.63, 3.8) is 0 Å². The molecule has 0 aliphatic heterocycles. The quantitative estimate of drug-likeness (QED) is 0.756. The van der Waals surface area contributed by atoms with Gasteiger partial charge in [-0.15, -0.1) is 0 Å². The molecule has 4 heteroatoms. The van der Waals surface area contributed by atoms with E-state index in [1.807, 2.05) is 0 Å². The zero-order valence-electron chi connectivity index (χ0n) is 7.74. The molecule has 0 aliphatic rings. The van der Waals surface area contributed by atoms with Crippen molar-refractivity contribution in [2.45, 2.75) is 0 Å². The average molecular weight is 185 g/mol. The van der Waals surface area contributed by atoms with Gasteiger partial charge in [0.05, 0.1) is 6.26 Å². The van der Waals surface area contributed by atoms with Gasteiger partial charge in [-0.05, 0) is 24.6 Å². The van der Waals surface area contributed by atoms with E-state index in [1.54, 1.807) is 24.3 Å². The van der Waals surface area contributed by atoms with Crippen LogP contribution in [-0.4, -0.2) is 14.7 Å². The van der Waals surface area contributed by atoms with Gasteiger partial charge in [-0.2, -0.15) is 0 Å². The zero-order valence-corrected chi connectivity index (χ0v) is 7.56. The van der Waals surface area contributed by atoms with Crippen molar-refractivity contribution in [3.8, 4) is 0 Å². The van der Waals surface area contributed by atoms with Crippen molar-refractivity contribution in [1.29, 1.82) is 0 Å². The summed E-state index contributed by atoms with van der Waals surface area (Å²) in [6.45, 7) is 3.68. The Morgan fingerprint density at radius 2 is 2.17 bits per heavy atom. The molecule has 0 unspecified atom stereocenters. The molecule has 1 radical (unpaired) electrons. The lowest BCUT2D eigenvalue weighted by atomic mass is 10.2. The van der Waals surface area contributed by atoms with Crippen molar-refractivity contribution in [1.82, 2.24) is 0 Å². The molecule has 1 N–H and O–H groups in total. The smallest absolute Gasteiger partial charge is 0.284 e. The molecule has 0 aliphatic carbocycles. The third kappa shape index (κ3) is 2.92. The average Bonchev–Trinajstić information content (AvgIpc) is 1.82. The van der Waals surface area contributed by atoms with Gasteiger partial charge in [0.1, 0.15) is 0 Å². The summed E-state index contributed by atoms with van der Waals surface area (Å²) in [5.74, 6) is 0. The van der Waals surface area contributed by atoms with E-state index in [4.69, 9.17) is 0 Å². The largest absolute Gasteiger partial charge is 1.00 e. The zero-order chi connectivity index (χ0) is 9.19. The summed E-state index contributed by atoms with van der Waals surface area (Å²) < 4.78 is 23.9. The molecule has 0 saturated carbocycles. The van der Waals surface area contributed by atoms with Crippen LogP contribution in [0.5, 0.6) is 0 Å². The first-order valence-electron chi connectivity index (χ1n) is 3.37. The van der Waals surface area contributed by atoms with E-state index < -0.39 is 10.0 Å². The van der Waals surface area contributed by atoms with Crippen LogP contribution in [0.25, 0.3) is 0 Å². The highest BCUT2D eigenvalue weighted by atomic mass is 32.2. The molecule has 0 aromatic heterocycles. The standard InChI is InChI=1S/C8H10NO2S/c1-7-4-3-5-8(6-7)9-12(2,10)11/h3-6,9H,1H2,2H3/p+1. The molecule has 0 atom stereocenters. The number of benzene rings is 1. The molecule has 0 saturated heterocycles. The van der Waals surface area contributed by atoms with Crippen LogP contribution in [0.3, 0.4) is 0 Å². The van der Waals surface area contributed by atoms with Crippen LogP contribution in [-0.2, 0) is 10.0 Å². The van der Waals surface area contributed by atoms with Gasteiger partial charge in [0.2, 0.25) is 10.0 Å². The molecule has 0 bridgehead atoms. The summed E-state index contributed by atoms with van der Waals surface area (Å²) in [5, 5.41) is 0. The number of sulfonamides is 1. The third-order valence-electron chi connectivity index (χ3n) is 1.23. The SMILES string of the molecule is [CH2]c1cccc(NS(C)(=O)=O)c1.[H+]. The predicted molar refractivity (Wildman–Crippen MR) is 50.5 cm³/mol. The molecule has 0 heterocycles. The van der Waals surface area contributed by atoms with E-state index in [0.717, 1.165) is 11.8 Å². The molecule has 0 spiro atoms. The van der Waals surface area contributed by atoms with Gasteiger partial charge < -0.3 is 0 Å². The van der Waals surface area contributed by atoms with Gasteiger partial charge in [0.25, 0.3) is 0 Å². The molecule has 0 fully saturated rings. The maximum absolute atomic E-state index is 10.8. The lowest BCUT2D eigenvalue weighted by Crippen LogP contribution is -2.09. The maximum Gasteiger partial charge on any atom is 1.00 e. The normalized spacial score (nSPS) is 11.2. The van der Waals surface area contributed by atoms with E-state index in [2.05, 4.69) is 11.6 Å². The van der Waals surface area contributed by atoms with E-state index in [9.17, 15) is 8.42 Å². The lowest BCUT2D eigenvalue weighted by molar-refractivity contribution is 0.607. The highest BCUT2D eigenvalue weighted by Crippen LogP contribution is 2.10. The second kappa shape index (κ2) is 3.15. The first-order valence-corrected chi connectivity index (χ1v) is 5.26. The molecule has 65 valence electrons. The Morgan fingerprint density at radius 1 is 1.50 bits per heavy atom. The summed E-state index contributed by atoms with van der Waals surface area (Å²) in [7, 11) is -3.17. The second-order valence-corrected chi connectivity index (χ2v) is 4.32. The van der Waals surface area contributed by atoms with Crippen LogP contribution in [0.1, 0.15) is 6.99 Å². The van der Waals surface area contributed by atoms with Crippen LogP contribution < -0.4 is 4.72 Å². The van der Waals surface area contributed by atoms with E-state index in [-0.39, 0.29) is 1.43 Å². The Labute approximate surface area is 74.0 Å². The number of hydrogen-bond acceptors (Lipinski definition) is 2. The second-order valence-electron chi connectivity index (χ2n) is 2.57. The number of hydrogen-bond donors (Lipinski definition) is 1. The Balaban J connectivity index is 0.00000144. The minimum absolute atomic E-state index is 0. The Morgan fingerprint density at radius 3 is 2.67 bits per heavy atom. The van der Waals surface area contributed by atoms with Gasteiger partial charge in [-0.1, -0.05) is 12.1 Å². The van der Waals surface area contributed by atoms with Gasteiger partial charge in [0.15, 0.2) is 0 Å². The van der Waals surface area contributed by atoms with E-state index in [0.29, 0.717) is 5.69 Å². The van der Waals surface area contributed by atoms with Crippen LogP contribution in [0.15, 0.2) is 24.3 Å². The molecule has 0 amide bonds. The van der Waals surface area contributed by atoms with Crippen LogP contribution in [0.2, 0.25) is 0 Å². The highest BCUT2D eigenvalue weighted by Gasteiger charge is 2.00. The third-order valence-corrected chi connectivity index (χ3v) is 1.84. The topological polar surface area (TPSA) is 46.2 Å². The summed E-state index contributed by atoms with van der Waals surface area (Å²) in [6, 6.07) is 6.89. The lowest BCUT2D eigenvalue weighted by Gasteiger charge is -2.03. The minimum Gasteiger partial charge on any atom is -0.284 e. The molecule has 3 nitrogen and oxygen atoms in total. The highest BCUT2D eigenvalue weighted by molar-refractivity contribution is 7.92. The molecular weight excluding hydrogens is 174 g/mol. The first kappa shape index (κ1) is 9.06. The fraction of sp³-hybridized carbons (Fsp3) is 0.125. The van der Waals surface area contributed by atoms with Gasteiger partial charge >= 0.3 is 1.43 Å². The summed E-state index contributed by atoms with van der Waals surface area (Å²) in [5.41, 5.74) is 1.33. The minimum atomic E-state index is -3.17. The predicted octanol–water partition coefficient (Wildman–Crippen LogP) is 1.35.